The summed E-state index contributed by atoms with van der Waals surface area (Å²) in [5, 5.41) is 9.47. The van der Waals surface area contributed by atoms with E-state index in [1.807, 2.05) is 37.3 Å². The lowest BCUT2D eigenvalue weighted by atomic mass is 10.0. The molecule has 1 aliphatic rings. The molecular formula is C24H33FIN5O. The van der Waals surface area contributed by atoms with Gasteiger partial charge in [0.1, 0.15) is 5.82 Å². The molecule has 1 amide bonds. The molecule has 2 aromatic carbocycles. The Labute approximate surface area is 207 Å². The summed E-state index contributed by atoms with van der Waals surface area (Å²) < 4.78 is 14.3. The smallest absolute Gasteiger partial charge is 0.251 e. The lowest BCUT2D eigenvalue weighted by Gasteiger charge is -2.35. The number of nitrogens with one attached hydrogen (secondary N) is 3. The van der Waals surface area contributed by atoms with Gasteiger partial charge < -0.3 is 20.9 Å². The highest BCUT2D eigenvalue weighted by Gasteiger charge is 2.23. The molecule has 1 fully saturated rings. The van der Waals surface area contributed by atoms with E-state index < -0.39 is 0 Å². The molecule has 1 atom stereocenters. The maximum Gasteiger partial charge on any atom is 0.251 e. The molecule has 0 saturated carbocycles. The van der Waals surface area contributed by atoms with Crippen LogP contribution in [0.5, 0.6) is 0 Å². The second-order valence-electron chi connectivity index (χ2n) is 7.91. The van der Waals surface area contributed by atoms with Crippen molar-refractivity contribution in [2.24, 2.45) is 4.99 Å². The van der Waals surface area contributed by atoms with Crippen LogP contribution >= 0.6 is 24.0 Å². The van der Waals surface area contributed by atoms with Crippen LogP contribution in [-0.2, 0) is 6.42 Å². The predicted octanol–water partition coefficient (Wildman–Crippen LogP) is 3.49. The monoisotopic (exact) mass is 553 g/mol. The number of amides is 1. The molecule has 0 aromatic heterocycles. The Morgan fingerprint density at radius 2 is 2.06 bits per heavy atom. The zero-order valence-corrected chi connectivity index (χ0v) is 21.3. The second kappa shape index (κ2) is 12.6. The standard InChI is InChI=1S/C24H32FN5O.HI/c1-17-9-10-21(25)22(14-17)30-13-5-8-20(16-30)29-24(27-3)28-12-11-18-6-4-7-19(15-18)23(31)26-2;/h4,6-7,9-10,14-15,20H,5,8,11-13,16H2,1-3H3,(H,26,31)(H2,27,28,29);1H. The number of carbonyl (C=O) groups excluding carboxylic acids is 1. The number of halogens is 2. The zero-order chi connectivity index (χ0) is 22.2. The number of nitrogens with zero attached hydrogens (tertiary/aromatic N) is 2. The maximum atomic E-state index is 14.3. The maximum absolute atomic E-state index is 14.3. The number of guanidine groups is 1. The quantitative estimate of drug-likeness (QED) is 0.291. The second-order valence-corrected chi connectivity index (χ2v) is 7.91. The number of aliphatic imine (C=N–C) groups is 1. The van der Waals surface area contributed by atoms with Crippen LogP contribution < -0.4 is 20.9 Å². The van der Waals surface area contributed by atoms with Crippen LogP contribution in [0.4, 0.5) is 10.1 Å². The molecule has 2 aromatic rings. The van der Waals surface area contributed by atoms with Gasteiger partial charge in [-0.05, 0) is 61.6 Å². The SMILES string of the molecule is CN=C(NCCc1cccc(C(=O)NC)c1)NC1CCCN(c2cc(C)ccc2F)C1.I. The third-order valence-corrected chi connectivity index (χ3v) is 5.55. The Morgan fingerprint density at radius 3 is 2.81 bits per heavy atom. The summed E-state index contributed by atoms with van der Waals surface area (Å²) in [6.07, 6.45) is 2.78. The first-order valence-electron chi connectivity index (χ1n) is 10.8. The number of hydrogen-bond donors (Lipinski definition) is 3. The molecule has 1 saturated heterocycles. The van der Waals surface area contributed by atoms with Crippen LogP contribution in [0.25, 0.3) is 0 Å². The molecule has 0 bridgehead atoms. The zero-order valence-electron chi connectivity index (χ0n) is 19.0. The van der Waals surface area contributed by atoms with Crippen molar-refractivity contribution in [2.75, 3.05) is 38.6 Å². The molecule has 1 unspecified atom stereocenters. The normalized spacial score (nSPS) is 16.2. The first-order chi connectivity index (χ1) is 15.0. The average Bonchev–Trinajstić information content (AvgIpc) is 2.79. The van der Waals surface area contributed by atoms with E-state index in [0.717, 1.165) is 49.4 Å². The Balaban J connectivity index is 0.00000363. The van der Waals surface area contributed by atoms with Gasteiger partial charge in [-0.1, -0.05) is 18.2 Å². The lowest BCUT2D eigenvalue weighted by molar-refractivity contribution is 0.0963. The first kappa shape index (κ1) is 25.9. The largest absolute Gasteiger partial charge is 0.367 e. The summed E-state index contributed by atoms with van der Waals surface area (Å²) in [6, 6.07) is 13.1. The van der Waals surface area contributed by atoms with Crippen LogP contribution in [0, 0.1) is 12.7 Å². The Kier molecular flexibility index (Phi) is 10.2. The van der Waals surface area contributed by atoms with Crippen molar-refractivity contribution >= 4 is 41.5 Å². The summed E-state index contributed by atoms with van der Waals surface area (Å²) in [4.78, 5) is 18.3. The molecule has 0 radical (unpaired) electrons. The average molecular weight is 553 g/mol. The van der Waals surface area contributed by atoms with Crippen LogP contribution in [0.1, 0.15) is 34.3 Å². The van der Waals surface area contributed by atoms with E-state index in [1.54, 1.807) is 26.2 Å². The number of piperidine rings is 1. The highest BCUT2D eigenvalue weighted by atomic mass is 127. The molecule has 3 N–H and O–H groups in total. The fraction of sp³-hybridized carbons (Fsp3) is 0.417. The minimum Gasteiger partial charge on any atom is -0.367 e. The molecule has 174 valence electrons. The van der Waals surface area contributed by atoms with E-state index in [2.05, 4.69) is 25.8 Å². The summed E-state index contributed by atoms with van der Waals surface area (Å²) in [6.45, 7) is 4.26. The Morgan fingerprint density at radius 1 is 1.25 bits per heavy atom. The number of rotatable bonds is 6. The molecule has 0 spiro atoms. The van der Waals surface area contributed by atoms with Gasteiger partial charge in [-0.25, -0.2) is 4.39 Å². The van der Waals surface area contributed by atoms with Crippen molar-refractivity contribution in [2.45, 2.75) is 32.2 Å². The van der Waals surface area contributed by atoms with Crippen molar-refractivity contribution in [3.8, 4) is 0 Å². The number of anilines is 1. The van der Waals surface area contributed by atoms with Gasteiger partial charge in [0.25, 0.3) is 5.91 Å². The lowest BCUT2D eigenvalue weighted by Crippen LogP contribution is -2.51. The number of benzene rings is 2. The summed E-state index contributed by atoms with van der Waals surface area (Å²) in [7, 11) is 3.38. The van der Waals surface area contributed by atoms with Gasteiger partial charge in [-0.15, -0.1) is 24.0 Å². The van der Waals surface area contributed by atoms with Crippen LogP contribution in [0.2, 0.25) is 0 Å². The van der Waals surface area contributed by atoms with Crippen molar-refractivity contribution in [1.29, 1.82) is 0 Å². The molecule has 0 aliphatic carbocycles. The molecule has 3 rings (SSSR count). The van der Waals surface area contributed by atoms with Gasteiger partial charge in [-0.2, -0.15) is 0 Å². The van der Waals surface area contributed by atoms with Crippen LogP contribution in [0.3, 0.4) is 0 Å². The molecular weight excluding hydrogens is 520 g/mol. The third-order valence-electron chi connectivity index (χ3n) is 5.55. The minimum absolute atomic E-state index is 0. The molecule has 1 heterocycles. The van der Waals surface area contributed by atoms with Crippen molar-refractivity contribution in [3.05, 3.63) is 65.0 Å². The van der Waals surface area contributed by atoms with E-state index in [-0.39, 0.29) is 41.7 Å². The molecule has 32 heavy (non-hydrogen) atoms. The molecule has 6 nitrogen and oxygen atoms in total. The predicted molar refractivity (Wildman–Crippen MR) is 140 cm³/mol. The third kappa shape index (κ3) is 7.08. The fourth-order valence-electron chi connectivity index (χ4n) is 3.90. The first-order valence-corrected chi connectivity index (χ1v) is 10.8. The van der Waals surface area contributed by atoms with Crippen molar-refractivity contribution < 1.29 is 9.18 Å². The van der Waals surface area contributed by atoms with E-state index in [0.29, 0.717) is 17.8 Å². The summed E-state index contributed by atoms with van der Waals surface area (Å²) >= 11 is 0. The fourth-order valence-corrected chi connectivity index (χ4v) is 3.90. The number of carbonyl (C=O) groups is 1. The summed E-state index contributed by atoms with van der Waals surface area (Å²) in [5.41, 5.74) is 3.48. The summed E-state index contributed by atoms with van der Waals surface area (Å²) in [5.74, 6) is 0.478. The van der Waals surface area contributed by atoms with Gasteiger partial charge in [-0.3, -0.25) is 9.79 Å². The molecule has 1 aliphatic heterocycles. The van der Waals surface area contributed by atoms with E-state index in [4.69, 9.17) is 0 Å². The van der Waals surface area contributed by atoms with Gasteiger partial charge >= 0.3 is 0 Å². The highest BCUT2D eigenvalue weighted by molar-refractivity contribution is 14.0. The van der Waals surface area contributed by atoms with E-state index in [1.165, 1.54) is 0 Å². The van der Waals surface area contributed by atoms with Crippen LogP contribution in [0.15, 0.2) is 47.5 Å². The van der Waals surface area contributed by atoms with Gasteiger partial charge in [0.2, 0.25) is 0 Å². The highest BCUT2D eigenvalue weighted by Crippen LogP contribution is 2.24. The minimum atomic E-state index is -0.173. The van der Waals surface area contributed by atoms with Crippen LogP contribution in [-0.4, -0.2) is 51.6 Å². The van der Waals surface area contributed by atoms with Gasteiger partial charge in [0, 0.05) is 45.3 Å². The topological polar surface area (TPSA) is 68.8 Å². The Hall–Kier alpha value is -2.36. The van der Waals surface area contributed by atoms with E-state index in [9.17, 15) is 9.18 Å². The molecule has 8 heteroatoms. The Bertz CT molecular complexity index is 936. The number of hydrogen-bond acceptors (Lipinski definition) is 3. The number of aryl methyl sites for hydroxylation is 1. The van der Waals surface area contributed by atoms with Crippen molar-refractivity contribution in [1.82, 2.24) is 16.0 Å². The van der Waals surface area contributed by atoms with Crippen molar-refractivity contribution in [3.63, 3.8) is 0 Å². The van der Waals surface area contributed by atoms with E-state index >= 15 is 0 Å². The van der Waals surface area contributed by atoms with Gasteiger partial charge in [0.05, 0.1) is 5.69 Å². The van der Waals surface area contributed by atoms with Gasteiger partial charge in [0.15, 0.2) is 5.96 Å².